The molecular weight excluding hydrogens is 323 g/mol. The first-order valence-electron chi connectivity index (χ1n) is 6.72. The highest BCUT2D eigenvalue weighted by Gasteiger charge is 2.06. The molecule has 0 aromatic heterocycles. The van der Waals surface area contributed by atoms with Crippen molar-refractivity contribution < 1.29 is 9.53 Å². The second-order valence-corrected chi connectivity index (χ2v) is 5.36. The predicted octanol–water partition coefficient (Wildman–Crippen LogP) is 4.44. The molecular formula is C16H16Cl2N2O2. The quantitative estimate of drug-likeness (QED) is 0.818. The number of methoxy groups -OCH3 is 1. The van der Waals surface area contributed by atoms with Crippen molar-refractivity contribution in [3.63, 3.8) is 0 Å². The van der Waals surface area contributed by atoms with Crippen molar-refractivity contribution in [2.24, 2.45) is 0 Å². The van der Waals surface area contributed by atoms with E-state index in [9.17, 15) is 4.79 Å². The lowest BCUT2D eigenvalue weighted by atomic mass is 10.2. The Hall–Kier alpha value is -1.91. The first-order chi connectivity index (χ1) is 10.6. The molecule has 2 rings (SSSR count). The molecule has 2 aromatic rings. The zero-order chi connectivity index (χ0) is 15.9. The first kappa shape index (κ1) is 16.5. The summed E-state index contributed by atoms with van der Waals surface area (Å²) in [5, 5.41) is 6.94. The predicted molar refractivity (Wildman–Crippen MR) is 91.2 cm³/mol. The highest BCUT2D eigenvalue weighted by Crippen LogP contribution is 2.29. The summed E-state index contributed by atoms with van der Waals surface area (Å²) >= 11 is 12.1. The van der Waals surface area contributed by atoms with Gasteiger partial charge in [-0.3, -0.25) is 4.79 Å². The molecule has 1 amide bonds. The molecule has 116 valence electrons. The number of halogens is 2. The van der Waals surface area contributed by atoms with Gasteiger partial charge in [0.25, 0.3) is 0 Å². The molecule has 0 saturated carbocycles. The largest absolute Gasteiger partial charge is 0.497 e. The summed E-state index contributed by atoms with van der Waals surface area (Å²) in [4.78, 5) is 11.9. The van der Waals surface area contributed by atoms with Gasteiger partial charge in [0, 0.05) is 18.7 Å². The fourth-order valence-electron chi connectivity index (χ4n) is 1.87. The van der Waals surface area contributed by atoms with Crippen molar-refractivity contribution >= 4 is 40.5 Å². The SMILES string of the molecule is COc1ccc(NC(=O)CCNc2c(Cl)cccc2Cl)cc1. The molecule has 0 bridgehead atoms. The lowest BCUT2D eigenvalue weighted by Crippen LogP contribution is -2.16. The molecule has 0 heterocycles. The van der Waals surface area contributed by atoms with E-state index in [-0.39, 0.29) is 5.91 Å². The number of rotatable bonds is 6. The van der Waals surface area contributed by atoms with Crippen molar-refractivity contribution in [3.8, 4) is 5.75 Å². The topological polar surface area (TPSA) is 50.4 Å². The van der Waals surface area contributed by atoms with Crippen LogP contribution in [0.1, 0.15) is 6.42 Å². The molecule has 0 spiro atoms. The second-order valence-electron chi connectivity index (χ2n) is 4.55. The summed E-state index contributed by atoms with van der Waals surface area (Å²) < 4.78 is 5.06. The number of amides is 1. The Morgan fingerprint density at radius 1 is 1.09 bits per heavy atom. The Morgan fingerprint density at radius 2 is 1.73 bits per heavy atom. The van der Waals surface area contributed by atoms with Crippen LogP contribution in [0.3, 0.4) is 0 Å². The van der Waals surface area contributed by atoms with Gasteiger partial charge in [0.15, 0.2) is 0 Å². The highest BCUT2D eigenvalue weighted by atomic mass is 35.5. The van der Waals surface area contributed by atoms with E-state index >= 15 is 0 Å². The number of carbonyl (C=O) groups is 1. The lowest BCUT2D eigenvalue weighted by molar-refractivity contribution is -0.115. The molecule has 0 fully saturated rings. The third-order valence-corrected chi connectivity index (χ3v) is 3.62. The van der Waals surface area contributed by atoms with Crippen molar-refractivity contribution in [2.45, 2.75) is 6.42 Å². The molecule has 0 atom stereocenters. The van der Waals surface area contributed by atoms with Gasteiger partial charge in [-0.1, -0.05) is 29.3 Å². The van der Waals surface area contributed by atoms with Crippen LogP contribution in [0.5, 0.6) is 5.75 Å². The number of ether oxygens (including phenoxy) is 1. The Labute approximate surface area is 139 Å². The summed E-state index contributed by atoms with van der Waals surface area (Å²) in [5.74, 6) is 0.647. The van der Waals surface area contributed by atoms with E-state index in [2.05, 4.69) is 10.6 Å². The van der Waals surface area contributed by atoms with E-state index in [1.54, 1.807) is 49.6 Å². The first-order valence-corrected chi connectivity index (χ1v) is 7.47. The second kappa shape index (κ2) is 7.92. The normalized spacial score (nSPS) is 10.1. The molecule has 0 aliphatic carbocycles. The number of nitrogens with one attached hydrogen (secondary N) is 2. The average Bonchev–Trinajstić information content (AvgIpc) is 2.51. The van der Waals surface area contributed by atoms with E-state index in [1.165, 1.54) is 0 Å². The van der Waals surface area contributed by atoms with Gasteiger partial charge in [-0.15, -0.1) is 0 Å². The monoisotopic (exact) mass is 338 g/mol. The molecule has 0 radical (unpaired) electrons. The number of hydrogen-bond acceptors (Lipinski definition) is 3. The maximum absolute atomic E-state index is 11.9. The van der Waals surface area contributed by atoms with Gasteiger partial charge in [0.1, 0.15) is 5.75 Å². The number of para-hydroxylation sites is 1. The number of anilines is 2. The summed E-state index contributed by atoms with van der Waals surface area (Å²) in [6.45, 7) is 0.436. The maximum atomic E-state index is 11.9. The molecule has 0 aliphatic heterocycles. The van der Waals surface area contributed by atoms with Crippen LogP contribution >= 0.6 is 23.2 Å². The molecule has 2 aromatic carbocycles. The van der Waals surface area contributed by atoms with E-state index in [1.807, 2.05) is 0 Å². The van der Waals surface area contributed by atoms with E-state index in [0.29, 0.717) is 28.7 Å². The van der Waals surface area contributed by atoms with Crippen molar-refractivity contribution in [1.29, 1.82) is 0 Å². The zero-order valence-corrected chi connectivity index (χ0v) is 13.5. The number of carbonyl (C=O) groups excluding carboxylic acids is 1. The average molecular weight is 339 g/mol. The van der Waals surface area contributed by atoms with E-state index in [4.69, 9.17) is 27.9 Å². The molecule has 0 aliphatic rings. The number of hydrogen-bond donors (Lipinski definition) is 2. The smallest absolute Gasteiger partial charge is 0.226 e. The fourth-order valence-corrected chi connectivity index (χ4v) is 2.40. The van der Waals surface area contributed by atoms with E-state index < -0.39 is 0 Å². The Kier molecular flexibility index (Phi) is 5.92. The Bertz CT molecular complexity index is 625. The van der Waals surface area contributed by atoms with Crippen LogP contribution in [-0.4, -0.2) is 19.6 Å². The third kappa shape index (κ3) is 4.55. The van der Waals surface area contributed by atoms with Crippen LogP contribution in [0, 0.1) is 0 Å². The minimum Gasteiger partial charge on any atom is -0.497 e. The minimum absolute atomic E-state index is 0.0964. The molecule has 22 heavy (non-hydrogen) atoms. The maximum Gasteiger partial charge on any atom is 0.226 e. The van der Waals surface area contributed by atoms with Gasteiger partial charge in [-0.2, -0.15) is 0 Å². The van der Waals surface area contributed by atoms with Gasteiger partial charge in [0.2, 0.25) is 5.91 Å². The summed E-state index contributed by atoms with van der Waals surface area (Å²) in [5.41, 5.74) is 1.37. The Balaban J connectivity index is 1.82. The van der Waals surface area contributed by atoms with Gasteiger partial charge in [0.05, 0.1) is 22.8 Å². The third-order valence-electron chi connectivity index (χ3n) is 2.99. The van der Waals surface area contributed by atoms with Crippen LogP contribution in [0.25, 0.3) is 0 Å². The van der Waals surface area contributed by atoms with Gasteiger partial charge in [-0.25, -0.2) is 0 Å². The van der Waals surface area contributed by atoms with Crippen molar-refractivity contribution in [3.05, 3.63) is 52.5 Å². The number of benzene rings is 2. The van der Waals surface area contributed by atoms with Crippen LogP contribution in [0.4, 0.5) is 11.4 Å². The highest BCUT2D eigenvalue weighted by molar-refractivity contribution is 6.39. The van der Waals surface area contributed by atoms with Gasteiger partial charge >= 0.3 is 0 Å². The molecule has 0 unspecified atom stereocenters. The molecule has 4 nitrogen and oxygen atoms in total. The van der Waals surface area contributed by atoms with Crippen LogP contribution < -0.4 is 15.4 Å². The van der Waals surface area contributed by atoms with Crippen molar-refractivity contribution in [1.82, 2.24) is 0 Å². The van der Waals surface area contributed by atoms with Crippen LogP contribution in [0.15, 0.2) is 42.5 Å². The van der Waals surface area contributed by atoms with Gasteiger partial charge < -0.3 is 15.4 Å². The standard InChI is InChI=1S/C16H16Cl2N2O2/c1-22-12-7-5-11(6-8-12)20-15(21)9-10-19-16-13(17)3-2-4-14(16)18/h2-8,19H,9-10H2,1H3,(H,20,21). The summed E-state index contributed by atoms with van der Waals surface area (Å²) in [7, 11) is 1.60. The van der Waals surface area contributed by atoms with E-state index in [0.717, 1.165) is 11.4 Å². The summed E-state index contributed by atoms with van der Waals surface area (Å²) in [6, 6.07) is 12.4. The summed E-state index contributed by atoms with van der Waals surface area (Å²) in [6.07, 6.45) is 0.299. The van der Waals surface area contributed by atoms with Crippen LogP contribution in [-0.2, 0) is 4.79 Å². The molecule has 2 N–H and O–H groups in total. The van der Waals surface area contributed by atoms with Gasteiger partial charge in [-0.05, 0) is 36.4 Å². The fraction of sp³-hybridized carbons (Fsp3) is 0.188. The minimum atomic E-state index is -0.0964. The lowest BCUT2D eigenvalue weighted by Gasteiger charge is -2.10. The molecule has 0 saturated heterocycles. The Morgan fingerprint density at radius 3 is 2.32 bits per heavy atom. The zero-order valence-electron chi connectivity index (χ0n) is 12.0. The molecule has 6 heteroatoms. The van der Waals surface area contributed by atoms with Crippen LogP contribution in [0.2, 0.25) is 10.0 Å². The van der Waals surface area contributed by atoms with Crippen molar-refractivity contribution in [2.75, 3.05) is 24.3 Å².